The SMILES string of the molecule is CCCNC(=O)[C@H](C)N(Cc1ccc(Br)cc1)C(=O)CN(c1cccc(Cl)c1Cl)S(C)(=O)=O. The van der Waals surface area contributed by atoms with Crippen LogP contribution >= 0.6 is 39.1 Å². The maximum Gasteiger partial charge on any atom is 0.244 e. The van der Waals surface area contributed by atoms with Gasteiger partial charge in [-0.1, -0.05) is 64.3 Å². The highest BCUT2D eigenvalue weighted by Gasteiger charge is 2.31. The van der Waals surface area contributed by atoms with Gasteiger partial charge in [0.2, 0.25) is 21.8 Å². The molecule has 0 saturated heterocycles. The number of hydrogen-bond acceptors (Lipinski definition) is 4. The summed E-state index contributed by atoms with van der Waals surface area (Å²) >= 11 is 15.7. The van der Waals surface area contributed by atoms with E-state index in [0.29, 0.717) is 6.54 Å². The molecule has 0 aliphatic heterocycles. The minimum absolute atomic E-state index is 0.0191. The summed E-state index contributed by atoms with van der Waals surface area (Å²) in [5.74, 6) is -0.882. The van der Waals surface area contributed by atoms with Crippen molar-refractivity contribution < 1.29 is 18.0 Å². The average Bonchev–Trinajstić information content (AvgIpc) is 2.76. The summed E-state index contributed by atoms with van der Waals surface area (Å²) in [6.07, 6.45) is 1.72. The number of hydrogen-bond donors (Lipinski definition) is 1. The first-order valence-corrected chi connectivity index (χ1v) is 13.6. The minimum atomic E-state index is -3.89. The smallest absolute Gasteiger partial charge is 0.244 e. The number of amides is 2. The normalized spacial score (nSPS) is 12.2. The fraction of sp³-hybridized carbons (Fsp3) is 0.364. The number of carbonyl (C=O) groups is 2. The maximum absolute atomic E-state index is 13.4. The predicted octanol–water partition coefficient (Wildman–Crippen LogP) is 4.47. The summed E-state index contributed by atoms with van der Waals surface area (Å²) in [6.45, 7) is 3.58. The van der Waals surface area contributed by atoms with E-state index in [9.17, 15) is 18.0 Å². The Bertz CT molecular complexity index is 1100. The molecule has 2 aromatic rings. The molecular formula is C22H26BrCl2N3O4S. The Hall–Kier alpha value is -1.81. The molecule has 33 heavy (non-hydrogen) atoms. The molecule has 2 rings (SSSR count). The fourth-order valence-electron chi connectivity index (χ4n) is 3.04. The van der Waals surface area contributed by atoms with Crippen molar-refractivity contribution in [1.82, 2.24) is 10.2 Å². The van der Waals surface area contributed by atoms with Gasteiger partial charge < -0.3 is 10.2 Å². The van der Waals surface area contributed by atoms with Crippen LogP contribution in [0.5, 0.6) is 0 Å². The molecule has 180 valence electrons. The number of rotatable bonds is 10. The number of carbonyl (C=O) groups excluding carboxylic acids is 2. The Morgan fingerprint density at radius 3 is 2.33 bits per heavy atom. The molecule has 1 atom stereocenters. The largest absolute Gasteiger partial charge is 0.354 e. The number of benzene rings is 2. The standard InChI is InChI=1S/C22H26BrCl2N3O4S/c1-4-12-26-22(30)15(2)27(13-16-8-10-17(23)11-9-16)20(29)14-28(33(3,31)32)19-7-5-6-18(24)21(19)25/h5-11,15H,4,12-14H2,1-3H3,(H,26,30)/t15-/m0/s1. The van der Waals surface area contributed by atoms with Crippen molar-refractivity contribution in [1.29, 1.82) is 0 Å². The fourth-order valence-corrected chi connectivity index (χ4v) is 4.61. The molecule has 7 nitrogen and oxygen atoms in total. The average molecular weight is 579 g/mol. The third-order valence-electron chi connectivity index (χ3n) is 4.86. The zero-order chi connectivity index (χ0) is 24.8. The number of anilines is 1. The van der Waals surface area contributed by atoms with Gasteiger partial charge in [0.15, 0.2) is 0 Å². The first-order chi connectivity index (χ1) is 15.5. The Balaban J connectivity index is 2.40. The Morgan fingerprint density at radius 2 is 1.76 bits per heavy atom. The molecule has 0 heterocycles. The van der Waals surface area contributed by atoms with Crippen LogP contribution in [0.25, 0.3) is 0 Å². The van der Waals surface area contributed by atoms with Crippen LogP contribution < -0.4 is 9.62 Å². The van der Waals surface area contributed by atoms with Gasteiger partial charge in [0.1, 0.15) is 12.6 Å². The molecular weight excluding hydrogens is 553 g/mol. The van der Waals surface area contributed by atoms with Crippen LogP contribution in [0.4, 0.5) is 5.69 Å². The molecule has 0 unspecified atom stereocenters. The molecule has 11 heteroatoms. The van der Waals surface area contributed by atoms with E-state index in [1.807, 2.05) is 31.2 Å². The van der Waals surface area contributed by atoms with Crippen molar-refractivity contribution in [2.75, 3.05) is 23.7 Å². The summed E-state index contributed by atoms with van der Waals surface area (Å²) in [5, 5.41) is 2.96. The van der Waals surface area contributed by atoms with E-state index in [4.69, 9.17) is 23.2 Å². The van der Waals surface area contributed by atoms with Gasteiger partial charge in [-0.05, 0) is 43.2 Å². The number of nitrogens with one attached hydrogen (secondary N) is 1. The van der Waals surface area contributed by atoms with Crippen LogP contribution in [-0.4, -0.2) is 50.5 Å². The van der Waals surface area contributed by atoms with E-state index in [-0.39, 0.29) is 28.2 Å². The van der Waals surface area contributed by atoms with Gasteiger partial charge in [-0.3, -0.25) is 13.9 Å². The molecule has 0 fully saturated rings. The Labute approximate surface area is 213 Å². The lowest BCUT2D eigenvalue weighted by Gasteiger charge is -2.31. The van der Waals surface area contributed by atoms with Crippen LogP contribution in [-0.2, 0) is 26.2 Å². The lowest BCUT2D eigenvalue weighted by Crippen LogP contribution is -2.51. The Morgan fingerprint density at radius 1 is 1.12 bits per heavy atom. The zero-order valence-electron chi connectivity index (χ0n) is 18.5. The second-order valence-electron chi connectivity index (χ2n) is 7.46. The van der Waals surface area contributed by atoms with Crippen molar-refractivity contribution in [3.63, 3.8) is 0 Å². The summed E-state index contributed by atoms with van der Waals surface area (Å²) < 4.78 is 26.9. The van der Waals surface area contributed by atoms with Crippen molar-refractivity contribution in [3.05, 3.63) is 62.5 Å². The molecule has 0 bridgehead atoms. The molecule has 2 aromatic carbocycles. The third kappa shape index (κ3) is 7.60. The van der Waals surface area contributed by atoms with E-state index in [2.05, 4.69) is 21.2 Å². The van der Waals surface area contributed by atoms with E-state index < -0.39 is 28.5 Å². The van der Waals surface area contributed by atoms with Gasteiger partial charge in [-0.25, -0.2) is 8.42 Å². The summed E-state index contributed by atoms with van der Waals surface area (Å²) in [4.78, 5) is 27.4. The molecule has 0 saturated carbocycles. The second kappa shape index (κ2) is 12.1. The Kier molecular flexibility index (Phi) is 10.0. The zero-order valence-corrected chi connectivity index (χ0v) is 22.4. The van der Waals surface area contributed by atoms with Crippen LogP contribution in [0.15, 0.2) is 46.9 Å². The van der Waals surface area contributed by atoms with Gasteiger partial charge in [0.25, 0.3) is 0 Å². The van der Waals surface area contributed by atoms with E-state index in [1.54, 1.807) is 13.0 Å². The first kappa shape index (κ1) is 27.4. The molecule has 0 aliphatic rings. The predicted molar refractivity (Wildman–Crippen MR) is 136 cm³/mol. The van der Waals surface area contributed by atoms with Gasteiger partial charge in [-0.2, -0.15) is 0 Å². The van der Waals surface area contributed by atoms with Crippen LogP contribution in [0.1, 0.15) is 25.8 Å². The summed E-state index contributed by atoms with van der Waals surface area (Å²) in [5.41, 5.74) is 0.875. The maximum atomic E-state index is 13.4. The van der Waals surface area contributed by atoms with Crippen molar-refractivity contribution in [3.8, 4) is 0 Å². The molecule has 0 radical (unpaired) electrons. The lowest BCUT2D eigenvalue weighted by molar-refractivity contribution is -0.139. The lowest BCUT2D eigenvalue weighted by atomic mass is 10.1. The highest BCUT2D eigenvalue weighted by atomic mass is 79.9. The molecule has 1 N–H and O–H groups in total. The summed E-state index contributed by atoms with van der Waals surface area (Å²) in [7, 11) is -3.89. The van der Waals surface area contributed by atoms with Gasteiger partial charge in [0.05, 0.1) is 22.0 Å². The van der Waals surface area contributed by atoms with Crippen LogP contribution in [0, 0.1) is 0 Å². The number of halogens is 3. The summed E-state index contributed by atoms with van der Waals surface area (Å²) in [6, 6.07) is 11.0. The first-order valence-electron chi connectivity index (χ1n) is 10.2. The second-order valence-corrected chi connectivity index (χ2v) is 11.1. The van der Waals surface area contributed by atoms with Crippen molar-refractivity contribution in [2.24, 2.45) is 0 Å². The molecule has 0 aliphatic carbocycles. The van der Waals surface area contributed by atoms with Gasteiger partial charge >= 0.3 is 0 Å². The van der Waals surface area contributed by atoms with Gasteiger partial charge in [-0.15, -0.1) is 0 Å². The minimum Gasteiger partial charge on any atom is -0.354 e. The van der Waals surface area contributed by atoms with Crippen molar-refractivity contribution >= 4 is 66.7 Å². The third-order valence-corrected chi connectivity index (χ3v) is 7.33. The van der Waals surface area contributed by atoms with E-state index in [1.165, 1.54) is 17.0 Å². The van der Waals surface area contributed by atoms with Crippen LogP contribution in [0.3, 0.4) is 0 Å². The van der Waals surface area contributed by atoms with E-state index >= 15 is 0 Å². The van der Waals surface area contributed by atoms with Crippen molar-refractivity contribution in [2.45, 2.75) is 32.9 Å². The van der Waals surface area contributed by atoms with Gasteiger partial charge in [0, 0.05) is 17.6 Å². The monoisotopic (exact) mass is 577 g/mol. The highest BCUT2D eigenvalue weighted by Crippen LogP contribution is 2.33. The number of nitrogens with zero attached hydrogens (tertiary/aromatic N) is 2. The number of sulfonamides is 1. The molecule has 2 amide bonds. The molecule has 0 spiro atoms. The highest BCUT2D eigenvalue weighted by molar-refractivity contribution is 9.10. The van der Waals surface area contributed by atoms with Crippen LogP contribution in [0.2, 0.25) is 10.0 Å². The topological polar surface area (TPSA) is 86.8 Å². The quantitative estimate of drug-likeness (QED) is 0.451. The van der Waals surface area contributed by atoms with E-state index in [0.717, 1.165) is 27.0 Å². The molecule has 0 aromatic heterocycles.